The molecule has 0 saturated heterocycles. The van der Waals surface area contributed by atoms with E-state index in [9.17, 15) is 32.3 Å². The van der Waals surface area contributed by atoms with Gasteiger partial charge in [0.15, 0.2) is 0 Å². The fourth-order valence-corrected chi connectivity index (χ4v) is 5.03. The molecule has 0 spiro atoms. The minimum Gasteiger partial charge on any atom is -0.488 e. The van der Waals surface area contributed by atoms with E-state index in [1.165, 1.54) is 36.4 Å². The molecular formula is C32H36F4N4O4. The Bertz CT molecular complexity index is 1430. The van der Waals surface area contributed by atoms with Gasteiger partial charge in [0, 0.05) is 42.5 Å². The minimum atomic E-state index is -4.41. The van der Waals surface area contributed by atoms with Crippen LogP contribution in [0.4, 0.5) is 33.7 Å². The monoisotopic (exact) mass is 616 g/mol. The number of alkyl halides is 3. The maximum Gasteiger partial charge on any atom is 0.416 e. The summed E-state index contributed by atoms with van der Waals surface area (Å²) >= 11 is 0. The van der Waals surface area contributed by atoms with Gasteiger partial charge in [0.1, 0.15) is 17.7 Å². The Morgan fingerprint density at radius 2 is 1.70 bits per heavy atom. The second-order valence-electron chi connectivity index (χ2n) is 11.2. The van der Waals surface area contributed by atoms with Crippen LogP contribution in [0.5, 0.6) is 5.75 Å². The summed E-state index contributed by atoms with van der Waals surface area (Å²) in [7, 11) is 1.84. The van der Waals surface area contributed by atoms with Gasteiger partial charge in [0.2, 0.25) is 5.91 Å². The molecule has 0 aliphatic carbocycles. The first-order valence-corrected chi connectivity index (χ1v) is 14.2. The number of amides is 3. The Morgan fingerprint density at radius 1 is 1.07 bits per heavy atom. The fraction of sp³-hybridized carbons (Fsp3) is 0.375. The standard InChI is InChI=1S/C32H36F4N4O4/c1-20-16-40(21(2)19-41)30(42)15-23-14-27(38-31(43)37-26-10-8-25(33)9-11-26)12-13-28(23)44-29(20)18-39(3)17-22-4-6-24(7-5-22)32(34,35)36/h4-14,20-21,29,41H,15-19H2,1-3H3,(H2,37,38,43)/t20-,21-,29-/m0/s1. The summed E-state index contributed by atoms with van der Waals surface area (Å²) in [5.41, 5.74) is 1.34. The zero-order valence-corrected chi connectivity index (χ0v) is 24.7. The van der Waals surface area contributed by atoms with Gasteiger partial charge in [-0.05, 0) is 74.1 Å². The minimum absolute atomic E-state index is 0.0321. The molecule has 3 aromatic rings. The number of hydrogen-bond acceptors (Lipinski definition) is 5. The number of aliphatic hydroxyl groups is 1. The van der Waals surface area contributed by atoms with Crippen molar-refractivity contribution in [1.82, 2.24) is 9.80 Å². The first-order chi connectivity index (χ1) is 20.8. The molecule has 0 radical (unpaired) electrons. The number of urea groups is 1. The summed E-state index contributed by atoms with van der Waals surface area (Å²) < 4.78 is 58.6. The Morgan fingerprint density at radius 3 is 2.34 bits per heavy atom. The van der Waals surface area contributed by atoms with E-state index in [0.717, 1.165) is 12.1 Å². The highest BCUT2D eigenvalue weighted by Gasteiger charge is 2.32. The van der Waals surface area contributed by atoms with Crippen LogP contribution in [0.15, 0.2) is 66.7 Å². The van der Waals surface area contributed by atoms with Crippen molar-refractivity contribution in [3.05, 3.63) is 89.2 Å². The van der Waals surface area contributed by atoms with Gasteiger partial charge in [-0.2, -0.15) is 13.2 Å². The van der Waals surface area contributed by atoms with Crippen LogP contribution in [0.25, 0.3) is 0 Å². The number of halogens is 4. The molecule has 1 heterocycles. The lowest BCUT2D eigenvalue weighted by molar-refractivity contribution is -0.137. The van der Waals surface area contributed by atoms with E-state index in [2.05, 4.69) is 10.6 Å². The lowest BCUT2D eigenvalue weighted by Crippen LogP contribution is -2.47. The van der Waals surface area contributed by atoms with E-state index in [0.29, 0.717) is 47.9 Å². The Labute approximate surface area is 253 Å². The van der Waals surface area contributed by atoms with Gasteiger partial charge in [-0.1, -0.05) is 19.1 Å². The average Bonchev–Trinajstić information content (AvgIpc) is 3.01. The number of nitrogens with zero attached hydrogens (tertiary/aromatic N) is 2. The number of benzene rings is 3. The van der Waals surface area contributed by atoms with Crippen LogP contribution in [0.3, 0.4) is 0 Å². The third-order valence-electron chi connectivity index (χ3n) is 7.50. The number of rotatable bonds is 8. The molecule has 4 rings (SSSR count). The average molecular weight is 617 g/mol. The SMILES string of the molecule is C[C@H]1CN([C@@H](C)CO)C(=O)Cc2cc(NC(=O)Nc3ccc(F)cc3)ccc2O[C@H]1CN(C)Cc1ccc(C(F)(F)F)cc1. The van der Waals surface area contributed by atoms with Gasteiger partial charge in [0.05, 0.1) is 24.6 Å². The normalized spacial score (nSPS) is 18.0. The van der Waals surface area contributed by atoms with Crippen LogP contribution in [-0.4, -0.2) is 65.7 Å². The largest absolute Gasteiger partial charge is 0.488 e. The predicted molar refractivity (Wildman–Crippen MR) is 159 cm³/mol. The van der Waals surface area contributed by atoms with Gasteiger partial charge in [-0.15, -0.1) is 0 Å². The van der Waals surface area contributed by atoms with Crippen molar-refractivity contribution >= 4 is 23.3 Å². The zero-order chi connectivity index (χ0) is 32.0. The van der Waals surface area contributed by atoms with Crippen molar-refractivity contribution in [2.45, 2.75) is 45.1 Å². The lowest BCUT2D eigenvalue weighted by Gasteiger charge is -2.34. The molecule has 1 aliphatic rings. The van der Waals surface area contributed by atoms with E-state index in [1.54, 1.807) is 30.0 Å². The molecule has 0 fully saturated rings. The van der Waals surface area contributed by atoms with Crippen molar-refractivity contribution in [3.8, 4) is 5.75 Å². The third-order valence-corrected chi connectivity index (χ3v) is 7.50. The number of anilines is 2. The summed E-state index contributed by atoms with van der Waals surface area (Å²) in [5, 5.41) is 15.2. The molecule has 3 N–H and O–H groups in total. The van der Waals surface area contributed by atoms with Crippen LogP contribution in [0, 0.1) is 11.7 Å². The summed E-state index contributed by atoms with van der Waals surface area (Å²) in [6.45, 7) is 4.57. The van der Waals surface area contributed by atoms with E-state index in [-0.39, 0.29) is 24.9 Å². The zero-order valence-electron chi connectivity index (χ0n) is 24.7. The number of carbonyl (C=O) groups is 2. The molecule has 0 bridgehead atoms. The second kappa shape index (κ2) is 14.1. The number of ether oxygens (including phenoxy) is 1. The van der Waals surface area contributed by atoms with Gasteiger partial charge >= 0.3 is 12.2 Å². The second-order valence-corrected chi connectivity index (χ2v) is 11.2. The van der Waals surface area contributed by atoms with Gasteiger partial charge < -0.3 is 25.4 Å². The number of carbonyl (C=O) groups excluding carboxylic acids is 2. The van der Waals surface area contributed by atoms with Crippen molar-refractivity contribution in [2.24, 2.45) is 5.92 Å². The molecule has 1 aliphatic heterocycles. The van der Waals surface area contributed by atoms with Gasteiger partial charge in [0.25, 0.3) is 0 Å². The number of nitrogens with one attached hydrogen (secondary N) is 2. The van der Waals surface area contributed by atoms with Crippen LogP contribution in [0.1, 0.15) is 30.5 Å². The number of fused-ring (bicyclic) bond motifs is 1. The molecule has 8 nitrogen and oxygen atoms in total. The van der Waals surface area contributed by atoms with Crippen molar-refractivity contribution in [2.75, 3.05) is 37.4 Å². The summed E-state index contributed by atoms with van der Waals surface area (Å²) in [5.74, 6) is -0.356. The first-order valence-electron chi connectivity index (χ1n) is 14.2. The molecular weight excluding hydrogens is 580 g/mol. The number of likely N-dealkylation sites (N-methyl/N-ethyl adjacent to an activating group) is 1. The van der Waals surface area contributed by atoms with Crippen LogP contribution >= 0.6 is 0 Å². The molecule has 236 valence electrons. The first kappa shape index (κ1) is 32.7. The van der Waals surface area contributed by atoms with Crippen LogP contribution in [-0.2, 0) is 23.9 Å². The molecule has 44 heavy (non-hydrogen) atoms. The van der Waals surface area contributed by atoms with E-state index in [4.69, 9.17) is 4.74 Å². The van der Waals surface area contributed by atoms with E-state index < -0.39 is 35.7 Å². The molecule has 0 unspecified atom stereocenters. The summed E-state index contributed by atoms with van der Waals surface area (Å²) in [6.07, 6.45) is -4.86. The van der Waals surface area contributed by atoms with E-state index >= 15 is 0 Å². The smallest absolute Gasteiger partial charge is 0.416 e. The highest BCUT2D eigenvalue weighted by molar-refractivity contribution is 5.99. The van der Waals surface area contributed by atoms with Crippen LogP contribution < -0.4 is 15.4 Å². The summed E-state index contributed by atoms with van der Waals surface area (Å²) in [6, 6.07) is 14.3. The molecule has 12 heteroatoms. The molecule has 0 aromatic heterocycles. The molecule has 3 aromatic carbocycles. The maximum absolute atomic E-state index is 13.4. The Balaban J connectivity index is 1.54. The van der Waals surface area contributed by atoms with Crippen molar-refractivity contribution in [3.63, 3.8) is 0 Å². The van der Waals surface area contributed by atoms with Crippen molar-refractivity contribution in [1.29, 1.82) is 0 Å². The Kier molecular flexibility index (Phi) is 10.5. The van der Waals surface area contributed by atoms with Gasteiger partial charge in [-0.25, -0.2) is 9.18 Å². The lowest BCUT2D eigenvalue weighted by atomic mass is 10.0. The summed E-state index contributed by atoms with van der Waals surface area (Å²) in [4.78, 5) is 29.6. The van der Waals surface area contributed by atoms with Crippen molar-refractivity contribution < 1.29 is 37.0 Å². The highest BCUT2D eigenvalue weighted by Crippen LogP contribution is 2.31. The van der Waals surface area contributed by atoms with E-state index in [1.807, 2.05) is 18.9 Å². The maximum atomic E-state index is 13.4. The molecule has 3 amide bonds. The van der Waals surface area contributed by atoms with Gasteiger partial charge in [-0.3, -0.25) is 9.69 Å². The molecule has 0 saturated carbocycles. The number of aliphatic hydroxyl groups excluding tert-OH is 1. The van der Waals surface area contributed by atoms with Crippen LogP contribution in [0.2, 0.25) is 0 Å². The topological polar surface area (TPSA) is 94.1 Å². The quantitative estimate of drug-likeness (QED) is 0.280. The molecule has 3 atom stereocenters. The predicted octanol–water partition coefficient (Wildman–Crippen LogP) is 5.77. The fourth-order valence-electron chi connectivity index (χ4n) is 5.03. The number of hydrogen-bond donors (Lipinski definition) is 3. The third kappa shape index (κ3) is 8.70. The Hall–Kier alpha value is -4.16. The highest BCUT2D eigenvalue weighted by atomic mass is 19.4.